The molecule has 2 aliphatic heterocycles. The quantitative estimate of drug-likeness (QED) is 0.630. The van der Waals surface area contributed by atoms with Gasteiger partial charge < -0.3 is 9.80 Å². The summed E-state index contributed by atoms with van der Waals surface area (Å²) in [5.41, 5.74) is 3.58. The molecule has 0 aliphatic carbocycles. The van der Waals surface area contributed by atoms with Crippen LogP contribution in [0.15, 0.2) is 29.4 Å². The Balaban J connectivity index is 1.55. The van der Waals surface area contributed by atoms with Gasteiger partial charge in [-0.05, 0) is 56.2 Å². The SMILES string of the molecule is Fc1cccc(C=NNc2nc(N3CCCCC3)nc(N3CCCCC3)n2)c1. The lowest BCUT2D eigenvalue weighted by Gasteiger charge is -2.30. The third-order valence-corrected chi connectivity index (χ3v) is 5.12. The number of hydrogen-bond donors (Lipinski definition) is 1. The van der Waals surface area contributed by atoms with E-state index in [1.807, 2.05) is 0 Å². The van der Waals surface area contributed by atoms with Crippen molar-refractivity contribution in [3.8, 4) is 0 Å². The normalized spacial score (nSPS) is 17.9. The van der Waals surface area contributed by atoms with E-state index in [1.54, 1.807) is 18.3 Å². The standard InChI is InChI=1S/C20H26FN7/c21-17-9-7-8-16(14-17)15-22-26-18-23-19(27-10-3-1-4-11-27)25-20(24-18)28-12-5-2-6-13-28/h7-9,14-15H,1-6,10-13H2,(H,23,24,25,26). The van der Waals surface area contributed by atoms with Crippen LogP contribution in [0.3, 0.4) is 0 Å². The molecular formula is C20H26FN7. The molecule has 2 fully saturated rings. The Kier molecular flexibility index (Phi) is 5.94. The molecule has 0 unspecified atom stereocenters. The van der Waals surface area contributed by atoms with Crippen LogP contribution in [0.5, 0.6) is 0 Å². The van der Waals surface area contributed by atoms with Gasteiger partial charge in [-0.2, -0.15) is 20.1 Å². The van der Waals surface area contributed by atoms with E-state index in [4.69, 9.17) is 4.98 Å². The van der Waals surface area contributed by atoms with Crippen molar-refractivity contribution in [1.29, 1.82) is 0 Å². The van der Waals surface area contributed by atoms with Crippen molar-refractivity contribution in [2.24, 2.45) is 5.10 Å². The monoisotopic (exact) mass is 383 g/mol. The van der Waals surface area contributed by atoms with Crippen LogP contribution in [0.4, 0.5) is 22.2 Å². The number of aromatic nitrogens is 3. The predicted molar refractivity (Wildman–Crippen MR) is 110 cm³/mol. The van der Waals surface area contributed by atoms with E-state index in [9.17, 15) is 4.39 Å². The van der Waals surface area contributed by atoms with Crippen LogP contribution in [0.1, 0.15) is 44.1 Å². The minimum absolute atomic E-state index is 0.288. The maximum Gasteiger partial charge on any atom is 0.250 e. The first-order valence-electron chi connectivity index (χ1n) is 10.1. The van der Waals surface area contributed by atoms with Crippen LogP contribution in [0.25, 0.3) is 0 Å². The summed E-state index contributed by atoms with van der Waals surface area (Å²) in [7, 11) is 0. The molecule has 0 radical (unpaired) electrons. The summed E-state index contributed by atoms with van der Waals surface area (Å²) in [5, 5.41) is 4.19. The third kappa shape index (κ3) is 4.74. The van der Waals surface area contributed by atoms with Crippen LogP contribution in [0.2, 0.25) is 0 Å². The first-order valence-corrected chi connectivity index (χ1v) is 10.1. The van der Waals surface area contributed by atoms with Crippen molar-refractivity contribution in [1.82, 2.24) is 15.0 Å². The van der Waals surface area contributed by atoms with E-state index >= 15 is 0 Å². The van der Waals surface area contributed by atoms with Gasteiger partial charge in [0, 0.05) is 26.2 Å². The molecule has 28 heavy (non-hydrogen) atoms. The molecule has 0 spiro atoms. The van der Waals surface area contributed by atoms with Crippen molar-refractivity contribution >= 4 is 24.1 Å². The highest BCUT2D eigenvalue weighted by molar-refractivity contribution is 5.79. The molecule has 0 atom stereocenters. The van der Waals surface area contributed by atoms with Crippen molar-refractivity contribution in [2.75, 3.05) is 41.4 Å². The Morgan fingerprint density at radius 3 is 2.04 bits per heavy atom. The zero-order chi connectivity index (χ0) is 19.2. The minimum atomic E-state index is -0.288. The fraction of sp³-hybridized carbons (Fsp3) is 0.500. The number of halogens is 1. The van der Waals surface area contributed by atoms with E-state index in [2.05, 4.69) is 30.3 Å². The molecule has 148 valence electrons. The van der Waals surface area contributed by atoms with E-state index in [0.29, 0.717) is 23.4 Å². The molecular weight excluding hydrogens is 357 g/mol. The van der Waals surface area contributed by atoms with Crippen LogP contribution in [0, 0.1) is 5.82 Å². The first-order chi connectivity index (χ1) is 13.8. The number of anilines is 3. The predicted octanol–water partition coefficient (Wildman–Crippen LogP) is 3.44. The van der Waals surface area contributed by atoms with Gasteiger partial charge in [0.15, 0.2) is 0 Å². The van der Waals surface area contributed by atoms with Gasteiger partial charge in [-0.25, -0.2) is 9.82 Å². The number of benzene rings is 1. The fourth-order valence-corrected chi connectivity index (χ4v) is 3.63. The maximum atomic E-state index is 13.3. The number of hydrazone groups is 1. The lowest BCUT2D eigenvalue weighted by atomic mass is 10.1. The van der Waals surface area contributed by atoms with Gasteiger partial charge in [-0.3, -0.25) is 0 Å². The molecule has 0 saturated carbocycles. The average molecular weight is 383 g/mol. The molecule has 1 aromatic heterocycles. The number of nitrogens with one attached hydrogen (secondary N) is 1. The van der Waals surface area contributed by atoms with Gasteiger partial charge in [0.25, 0.3) is 0 Å². The Hall–Kier alpha value is -2.77. The van der Waals surface area contributed by atoms with Crippen molar-refractivity contribution in [2.45, 2.75) is 38.5 Å². The fourth-order valence-electron chi connectivity index (χ4n) is 3.63. The van der Waals surface area contributed by atoms with E-state index in [1.165, 1.54) is 25.0 Å². The molecule has 2 aliphatic rings. The summed E-state index contributed by atoms with van der Waals surface area (Å²) in [5.74, 6) is 1.55. The van der Waals surface area contributed by atoms with E-state index in [0.717, 1.165) is 51.9 Å². The van der Waals surface area contributed by atoms with E-state index < -0.39 is 0 Å². The van der Waals surface area contributed by atoms with Gasteiger partial charge in [0.2, 0.25) is 17.8 Å². The van der Waals surface area contributed by atoms with Crippen LogP contribution < -0.4 is 15.2 Å². The maximum absolute atomic E-state index is 13.3. The van der Waals surface area contributed by atoms with Gasteiger partial charge in [0.05, 0.1) is 6.21 Å². The summed E-state index contributed by atoms with van der Waals surface area (Å²) >= 11 is 0. The summed E-state index contributed by atoms with van der Waals surface area (Å²) in [6.07, 6.45) is 8.70. The number of piperidine rings is 2. The third-order valence-electron chi connectivity index (χ3n) is 5.12. The molecule has 7 nitrogen and oxygen atoms in total. The second kappa shape index (κ2) is 8.95. The highest BCUT2D eigenvalue weighted by atomic mass is 19.1. The zero-order valence-electron chi connectivity index (χ0n) is 16.0. The molecule has 0 bridgehead atoms. The molecule has 1 N–H and O–H groups in total. The van der Waals surface area contributed by atoms with Gasteiger partial charge in [-0.1, -0.05) is 12.1 Å². The van der Waals surface area contributed by atoms with Gasteiger partial charge in [0.1, 0.15) is 5.82 Å². The lowest BCUT2D eigenvalue weighted by molar-refractivity contribution is 0.556. The van der Waals surface area contributed by atoms with Crippen LogP contribution >= 0.6 is 0 Å². The highest BCUT2D eigenvalue weighted by Gasteiger charge is 2.20. The van der Waals surface area contributed by atoms with Crippen molar-refractivity contribution in [3.05, 3.63) is 35.6 Å². The summed E-state index contributed by atoms with van der Waals surface area (Å²) in [6.45, 7) is 3.87. The molecule has 2 saturated heterocycles. The van der Waals surface area contributed by atoms with E-state index in [-0.39, 0.29) is 5.82 Å². The first kappa shape index (κ1) is 18.6. The number of hydrogen-bond acceptors (Lipinski definition) is 7. The second-order valence-electron chi connectivity index (χ2n) is 7.28. The summed E-state index contributed by atoms with van der Waals surface area (Å²) in [4.78, 5) is 18.3. The highest BCUT2D eigenvalue weighted by Crippen LogP contribution is 2.22. The smallest absolute Gasteiger partial charge is 0.250 e. The number of nitrogens with zero attached hydrogens (tertiary/aromatic N) is 6. The summed E-state index contributed by atoms with van der Waals surface area (Å²) < 4.78 is 13.3. The zero-order valence-corrected chi connectivity index (χ0v) is 16.0. The molecule has 4 rings (SSSR count). The lowest BCUT2D eigenvalue weighted by Crippen LogP contribution is -2.34. The average Bonchev–Trinajstić information content (AvgIpc) is 2.75. The minimum Gasteiger partial charge on any atom is -0.341 e. The van der Waals surface area contributed by atoms with Gasteiger partial charge in [-0.15, -0.1) is 0 Å². The molecule has 1 aromatic carbocycles. The van der Waals surface area contributed by atoms with Gasteiger partial charge >= 0.3 is 0 Å². The Labute approximate surface area is 164 Å². The number of rotatable bonds is 5. The Morgan fingerprint density at radius 2 is 1.46 bits per heavy atom. The van der Waals surface area contributed by atoms with Crippen molar-refractivity contribution in [3.63, 3.8) is 0 Å². The topological polar surface area (TPSA) is 69.5 Å². The molecule has 3 heterocycles. The molecule has 0 amide bonds. The van der Waals surface area contributed by atoms with Crippen LogP contribution in [-0.4, -0.2) is 47.3 Å². The molecule has 8 heteroatoms. The largest absolute Gasteiger partial charge is 0.341 e. The van der Waals surface area contributed by atoms with Crippen LogP contribution in [-0.2, 0) is 0 Å². The van der Waals surface area contributed by atoms with Crippen molar-refractivity contribution < 1.29 is 4.39 Å². The Bertz CT molecular complexity index is 778. The summed E-state index contributed by atoms with van der Waals surface area (Å²) in [6, 6.07) is 6.28. The molecule has 2 aromatic rings. The second-order valence-corrected chi connectivity index (χ2v) is 7.28. The Morgan fingerprint density at radius 1 is 0.857 bits per heavy atom.